The number of aliphatic hydroxyl groups excluding tert-OH is 1. The monoisotopic (exact) mass is 241 g/mol. The Hall–Kier alpha value is -1.61. The largest absolute Gasteiger partial charge is 0.373 e. The summed E-state index contributed by atoms with van der Waals surface area (Å²) in [4.78, 5) is 14.1. The Morgan fingerprint density at radius 1 is 1.11 bits per heavy atom. The van der Waals surface area contributed by atoms with Crippen LogP contribution in [0.25, 0.3) is 0 Å². The highest BCUT2D eigenvalue weighted by Crippen LogP contribution is 2.54. The quantitative estimate of drug-likeness (QED) is 0.761. The number of fused-ring (bicyclic) bond motifs is 5. The number of hydrogen-bond acceptors (Lipinski definition) is 2. The van der Waals surface area contributed by atoms with Gasteiger partial charge in [0.25, 0.3) is 0 Å². The van der Waals surface area contributed by atoms with E-state index in [-0.39, 0.29) is 17.7 Å². The zero-order chi connectivity index (χ0) is 12.3. The van der Waals surface area contributed by atoms with Crippen molar-refractivity contribution in [2.75, 3.05) is 4.90 Å². The molecule has 1 aliphatic heterocycles. The van der Waals surface area contributed by atoms with Crippen LogP contribution >= 0.6 is 0 Å². The van der Waals surface area contributed by atoms with Gasteiger partial charge in [-0.3, -0.25) is 9.69 Å². The van der Waals surface area contributed by atoms with Crippen molar-refractivity contribution in [3.63, 3.8) is 0 Å². The SMILES string of the molecule is O=C1[C@@H]2C3C=CC(C3)[C@@H]2[C@@H](O)N1c1ccccc1. The van der Waals surface area contributed by atoms with E-state index < -0.39 is 6.23 Å². The zero-order valence-electron chi connectivity index (χ0n) is 9.94. The molecule has 3 aliphatic rings. The van der Waals surface area contributed by atoms with Gasteiger partial charge in [0.15, 0.2) is 0 Å². The smallest absolute Gasteiger partial charge is 0.233 e. The Morgan fingerprint density at radius 2 is 1.83 bits per heavy atom. The topological polar surface area (TPSA) is 40.5 Å². The van der Waals surface area contributed by atoms with Crippen LogP contribution in [0.4, 0.5) is 5.69 Å². The fraction of sp³-hybridized carbons (Fsp3) is 0.400. The van der Waals surface area contributed by atoms with Crippen LogP contribution in [0.15, 0.2) is 42.5 Å². The third kappa shape index (κ3) is 1.15. The fourth-order valence-corrected chi connectivity index (χ4v) is 3.95. The number of rotatable bonds is 1. The van der Waals surface area contributed by atoms with Crippen LogP contribution in [0.2, 0.25) is 0 Å². The van der Waals surface area contributed by atoms with E-state index in [0.29, 0.717) is 11.8 Å². The fourth-order valence-electron chi connectivity index (χ4n) is 3.95. The van der Waals surface area contributed by atoms with E-state index in [1.165, 1.54) is 0 Å². The number of hydrogen-bond donors (Lipinski definition) is 1. The number of benzene rings is 1. The van der Waals surface area contributed by atoms with Gasteiger partial charge in [-0.25, -0.2) is 0 Å². The first-order valence-corrected chi connectivity index (χ1v) is 6.52. The van der Waals surface area contributed by atoms with Crippen LogP contribution in [0.3, 0.4) is 0 Å². The number of anilines is 1. The van der Waals surface area contributed by atoms with Gasteiger partial charge in [-0.15, -0.1) is 0 Å². The van der Waals surface area contributed by atoms with Crippen LogP contribution in [-0.2, 0) is 4.79 Å². The van der Waals surface area contributed by atoms with Gasteiger partial charge in [-0.1, -0.05) is 30.4 Å². The van der Waals surface area contributed by atoms with Crippen molar-refractivity contribution >= 4 is 11.6 Å². The molecule has 2 bridgehead atoms. The lowest BCUT2D eigenvalue weighted by molar-refractivity contribution is -0.121. The minimum Gasteiger partial charge on any atom is -0.373 e. The lowest BCUT2D eigenvalue weighted by Crippen LogP contribution is -2.36. The molecular formula is C15H15NO2. The Kier molecular flexibility index (Phi) is 1.98. The minimum absolute atomic E-state index is 0.00444. The lowest BCUT2D eigenvalue weighted by Gasteiger charge is -2.25. The standard InChI is InChI=1S/C15H15NO2/c17-14-12-9-6-7-10(8-9)13(12)15(18)16(14)11-4-2-1-3-5-11/h1-7,9-10,12-14,17H,8H2/t9?,10?,12-,13+,14+/m0/s1. The predicted octanol–water partition coefficient (Wildman–Crippen LogP) is 1.79. The molecule has 0 radical (unpaired) electrons. The van der Waals surface area contributed by atoms with E-state index >= 15 is 0 Å². The highest BCUT2D eigenvalue weighted by Gasteiger charge is 2.59. The molecule has 3 nitrogen and oxygen atoms in total. The third-order valence-electron chi connectivity index (χ3n) is 4.69. The molecule has 0 spiro atoms. The number of para-hydroxylation sites is 1. The van der Waals surface area contributed by atoms with Gasteiger partial charge in [-0.05, 0) is 30.4 Å². The summed E-state index contributed by atoms with van der Waals surface area (Å²) in [5.41, 5.74) is 0.809. The van der Waals surface area contributed by atoms with Crippen molar-refractivity contribution in [2.45, 2.75) is 12.6 Å². The second-order valence-electron chi connectivity index (χ2n) is 5.51. The number of amides is 1. The second-order valence-corrected chi connectivity index (χ2v) is 5.51. The molecule has 2 aliphatic carbocycles. The minimum atomic E-state index is -0.662. The summed E-state index contributed by atoms with van der Waals surface area (Å²) < 4.78 is 0. The molecule has 1 amide bonds. The number of aliphatic hydroxyl groups is 1. The first-order chi connectivity index (χ1) is 8.77. The van der Waals surface area contributed by atoms with E-state index in [1.807, 2.05) is 30.3 Å². The number of nitrogens with zero attached hydrogens (tertiary/aromatic N) is 1. The van der Waals surface area contributed by atoms with E-state index in [0.717, 1.165) is 12.1 Å². The Morgan fingerprint density at radius 3 is 2.56 bits per heavy atom. The van der Waals surface area contributed by atoms with E-state index in [9.17, 15) is 9.90 Å². The summed E-state index contributed by atoms with van der Waals surface area (Å²) in [6.45, 7) is 0. The maximum atomic E-state index is 12.5. The third-order valence-corrected chi connectivity index (χ3v) is 4.69. The van der Waals surface area contributed by atoms with Gasteiger partial charge in [0, 0.05) is 11.6 Å². The second kappa shape index (κ2) is 3.45. The van der Waals surface area contributed by atoms with Crippen LogP contribution < -0.4 is 4.90 Å². The van der Waals surface area contributed by atoms with Gasteiger partial charge >= 0.3 is 0 Å². The van der Waals surface area contributed by atoms with Gasteiger partial charge in [0.05, 0.1) is 5.92 Å². The molecule has 18 heavy (non-hydrogen) atoms. The maximum absolute atomic E-state index is 12.5. The molecule has 1 heterocycles. The van der Waals surface area contributed by atoms with Crippen molar-refractivity contribution in [2.24, 2.45) is 23.7 Å². The molecular weight excluding hydrogens is 226 g/mol. The van der Waals surface area contributed by atoms with Gasteiger partial charge in [0.2, 0.25) is 5.91 Å². The molecule has 2 unspecified atom stereocenters. The first kappa shape index (κ1) is 10.3. The van der Waals surface area contributed by atoms with E-state index in [4.69, 9.17) is 0 Å². The molecule has 1 aromatic rings. The lowest BCUT2D eigenvalue weighted by atomic mass is 9.85. The average molecular weight is 241 g/mol. The zero-order valence-corrected chi connectivity index (χ0v) is 9.94. The van der Waals surface area contributed by atoms with Crippen molar-refractivity contribution in [1.29, 1.82) is 0 Å². The molecule has 3 heteroatoms. The molecule has 1 saturated heterocycles. The normalized spacial score (nSPS) is 40.6. The first-order valence-electron chi connectivity index (χ1n) is 6.52. The number of carbonyl (C=O) groups is 1. The molecule has 4 rings (SSSR count). The van der Waals surface area contributed by atoms with Crippen molar-refractivity contribution in [1.82, 2.24) is 0 Å². The molecule has 1 aromatic carbocycles. The molecule has 1 saturated carbocycles. The van der Waals surface area contributed by atoms with Gasteiger partial charge in [0.1, 0.15) is 6.23 Å². The highest BCUT2D eigenvalue weighted by molar-refractivity contribution is 5.99. The Balaban J connectivity index is 1.75. The Bertz CT molecular complexity index is 525. The molecule has 0 aromatic heterocycles. The van der Waals surface area contributed by atoms with Crippen molar-refractivity contribution < 1.29 is 9.90 Å². The van der Waals surface area contributed by atoms with Crippen LogP contribution in [0, 0.1) is 23.7 Å². The predicted molar refractivity (Wildman–Crippen MR) is 67.7 cm³/mol. The van der Waals surface area contributed by atoms with Gasteiger partial charge in [-0.2, -0.15) is 0 Å². The van der Waals surface area contributed by atoms with Crippen molar-refractivity contribution in [3.05, 3.63) is 42.5 Å². The van der Waals surface area contributed by atoms with Crippen LogP contribution in [0.5, 0.6) is 0 Å². The summed E-state index contributed by atoms with van der Waals surface area (Å²) in [7, 11) is 0. The van der Waals surface area contributed by atoms with E-state index in [1.54, 1.807) is 4.90 Å². The van der Waals surface area contributed by atoms with Crippen LogP contribution in [-0.4, -0.2) is 17.2 Å². The molecule has 5 atom stereocenters. The summed E-state index contributed by atoms with van der Waals surface area (Å²) >= 11 is 0. The van der Waals surface area contributed by atoms with E-state index in [2.05, 4.69) is 12.2 Å². The maximum Gasteiger partial charge on any atom is 0.233 e. The molecule has 92 valence electrons. The molecule has 2 fully saturated rings. The highest BCUT2D eigenvalue weighted by atomic mass is 16.3. The average Bonchev–Trinajstić information content (AvgIpc) is 3.05. The number of allylic oxidation sites excluding steroid dienone is 2. The number of carbonyl (C=O) groups excluding carboxylic acids is 1. The summed E-state index contributed by atoms with van der Waals surface area (Å²) in [6.07, 6.45) is 4.72. The van der Waals surface area contributed by atoms with Crippen molar-refractivity contribution in [3.8, 4) is 0 Å². The van der Waals surface area contributed by atoms with Gasteiger partial charge < -0.3 is 5.11 Å². The molecule has 1 N–H and O–H groups in total. The summed E-state index contributed by atoms with van der Waals surface area (Å²) in [6, 6.07) is 9.49. The Labute approximate surface area is 106 Å². The summed E-state index contributed by atoms with van der Waals surface area (Å²) in [5, 5.41) is 10.5. The summed E-state index contributed by atoms with van der Waals surface area (Å²) in [5.74, 6) is 0.905. The van der Waals surface area contributed by atoms with Crippen LogP contribution in [0.1, 0.15) is 6.42 Å².